The van der Waals surface area contributed by atoms with Gasteiger partial charge >= 0.3 is 0 Å². The minimum absolute atomic E-state index is 0.172. The molecule has 3 nitrogen and oxygen atoms in total. The molecule has 0 saturated heterocycles. The van der Waals surface area contributed by atoms with Crippen LogP contribution in [0.5, 0.6) is 0 Å². The van der Waals surface area contributed by atoms with Crippen LogP contribution in [0.1, 0.15) is 31.4 Å². The Hall–Kier alpha value is -0.290. The van der Waals surface area contributed by atoms with Gasteiger partial charge in [-0.1, -0.05) is 30.1 Å². The Morgan fingerprint density at radius 1 is 1.22 bits per heavy atom. The fourth-order valence-electron chi connectivity index (χ4n) is 1.62. The van der Waals surface area contributed by atoms with Gasteiger partial charge in [-0.05, 0) is 36.6 Å². The topological polar surface area (TPSA) is 60.2 Å². The predicted octanol–water partition coefficient (Wildman–Crippen LogP) is 3.21. The van der Waals surface area contributed by atoms with Gasteiger partial charge < -0.3 is 5.73 Å². The molecule has 1 aromatic carbocycles. The summed E-state index contributed by atoms with van der Waals surface area (Å²) in [5.74, 6) is 0.344. The minimum atomic E-state index is -2.92. The average Bonchev–Trinajstić information content (AvgIpc) is 2.27. The number of nitrogens with two attached hydrogens (primary N) is 1. The normalized spacial score (nSPS) is 13.6. The van der Waals surface area contributed by atoms with E-state index < -0.39 is 9.84 Å². The number of rotatable bonds is 6. The van der Waals surface area contributed by atoms with Crippen LogP contribution in [0, 0.1) is 0 Å². The van der Waals surface area contributed by atoms with Crippen molar-refractivity contribution in [1.82, 2.24) is 0 Å². The van der Waals surface area contributed by atoms with E-state index in [4.69, 9.17) is 28.9 Å². The molecule has 0 aliphatic carbocycles. The van der Waals surface area contributed by atoms with Crippen molar-refractivity contribution in [3.05, 3.63) is 33.8 Å². The molecule has 0 aliphatic rings. The molecule has 1 rings (SSSR count). The molecule has 0 saturated carbocycles. The second kappa shape index (κ2) is 6.75. The van der Waals surface area contributed by atoms with Crippen molar-refractivity contribution in [1.29, 1.82) is 0 Å². The van der Waals surface area contributed by atoms with E-state index in [1.54, 1.807) is 25.1 Å². The summed E-state index contributed by atoms with van der Waals surface area (Å²) in [7, 11) is -2.92. The van der Waals surface area contributed by atoms with E-state index in [1.807, 2.05) is 0 Å². The van der Waals surface area contributed by atoms with Gasteiger partial charge in [0.25, 0.3) is 0 Å². The van der Waals surface area contributed by atoms with Crippen LogP contribution in [0.2, 0.25) is 10.0 Å². The van der Waals surface area contributed by atoms with Crippen LogP contribution < -0.4 is 5.73 Å². The highest BCUT2D eigenvalue weighted by atomic mass is 35.5. The van der Waals surface area contributed by atoms with Crippen LogP contribution in [0.4, 0.5) is 0 Å². The molecule has 1 atom stereocenters. The Balaban J connectivity index is 2.58. The molecule has 0 aliphatic heterocycles. The molecule has 0 aromatic heterocycles. The molecule has 0 heterocycles. The van der Waals surface area contributed by atoms with E-state index >= 15 is 0 Å². The van der Waals surface area contributed by atoms with Gasteiger partial charge in [-0.25, -0.2) is 8.42 Å². The quantitative estimate of drug-likeness (QED) is 0.877. The van der Waals surface area contributed by atoms with Crippen molar-refractivity contribution in [3.63, 3.8) is 0 Å². The van der Waals surface area contributed by atoms with Crippen LogP contribution in [-0.4, -0.2) is 19.9 Å². The number of hydrogen-bond donors (Lipinski definition) is 1. The zero-order valence-corrected chi connectivity index (χ0v) is 12.5. The molecule has 1 unspecified atom stereocenters. The lowest BCUT2D eigenvalue weighted by Gasteiger charge is -2.12. The van der Waals surface area contributed by atoms with E-state index in [1.165, 1.54) is 0 Å². The van der Waals surface area contributed by atoms with Crippen molar-refractivity contribution in [2.45, 2.75) is 25.8 Å². The maximum Gasteiger partial charge on any atom is 0.150 e. The fraction of sp³-hybridized carbons (Fsp3) is 0.500. The van der Waals surface area contributed by atoms with Gasteiger partial charge in [-0.3, -0.25) is 0 Å². The second-order valence-electron chi connectivity index (χ2n) is 4.19. The highest BCUT2D eigenvalue weighted by molar-refractivity contribution is 7.91. The highest BCUT2D eigenvalue weighted by Gasteiger charge is 2.11. The standard InChI is InChI=1S/C12H17Cl2NO2S/c1-2-18(16,17)5-3-4-12(15)9-6-10(13)8-11(14)7-9/h6-8,12H,2-5,15H2,1H3. The first-order valence-corrected chi connectivity index (χ1v) is 8.34. The summed E-state index contributed by atoms with van der Waals surface area (Å²) in [6.45, 7) is 1.64. The van der Waals surface area contributed by atoms with E-state index in [9.17, 15) is 8.42 Å². The summed E-state index contributed by atoms with van der Waals surface area (Å²) >= 11 is 11.8. The molecule has 0 amide bonds. The van der Waals surface area contributed by atoms with Gasteiger partial charge in [-0.2, -0.15) is 0 Å². The van der Waals surface area contributed by atoms with E-state index in [-0.39, 0.29) is 17.5 Å². The molecule has 1 aromatic rings. The molecule has 0 spiro atoms. The first-order valence-electron chi connectivity index (χ1n) is 5.76. The summed E-state index contributed by atoms with van der Waals surface area (Å²) in [6.07, 6.45) is 1.14. The maximum absolute atomic E-state index is 11.3. The Morgan fingerprint density at radius 2 is 1.78 bits per heavy atom. The van der Waals surface area contributed by atoms with Gasteiger partial charge in [0.1, 0.15) is 9.84 Å². The number of sulfone groups is 1. The summed E-state index contributed by atoms with van der Waals surface area (Å²) in [5, 5.41) is 1.07. The lowest BCUT2D eigenvalue weighted by Crippen LogP contribution is -2.14. The van der Waals surface area contributed by atoms with Gasteiger partial charge in [-0.15, -0.1) is 0 Å². The van der Waals surface area contributed by atoms with Gasteiger partial charge in [0.2, 0.25) is 0 Å². The number of halogens is 2. The van der Waals surface area contributed by atoms with Gasteiger partial charge in [0, 0.05) is 21.8 Å². The van der Waals surface area contributed by atoms with E-state index in [0.717, 1.165) is 5.56 Å². The smallest absolute Gasteiger partial charge is 0.150 e. The molecule has 6 heteroatoms. The van der Waals surface area contributed by atoms with Crippen molar-refractivity contribution >= 4 is 33.0 Å². The lowest BCUT2D eigenvalue weighted by atomic mass is 10.0. The van der Waals surface area contributed by atoms with Crippen molar-refractivity contribution < 1.29 is 8.42 Å². The SMILES string of the molecule is CCS(=O)(=O)CCCC(N)c1cc(Cl)cc(Cl)c1. The lowest BCUT2D eigenvalue weighted by molar-refractivity contribution is 0.584. The first kappa shape index (κ1) is 15.8. The van der Waals surface area contributed by atoms with E-state index in [0.29, 0.717) is 22.9 Å². The fourth-order valence-corrected chi connectivity index (χ4v) is 3.06. The third-order valence-electron chi connectivity index (χ3n) is 2.72. The van der Waals surface area contributed by atoms with Crippen LogP contribution in [0.3, 0.4) is 0 Å². The van der Waals surface area contributed by atoms with Crippen LogP contribution in [0.25, 0.3) is 0 Å². The monoisotopic (exact) mass is 309 g/mol. The maximum atomic E-state index is 11.3. The zero-order valence-electron chi connectivity index (χ0n) is 10.2. The third-order valence-corrected chi connectivity index (χ3v) is 4.95. The van der Waals surface area contributed by atoms with Crippen molar-refractivity contribution in [2.75, 3.05) is 11.5 Å². The molecule has 0 radical (unpaired) electrons. The molecule has 18 heavy (non-hydrogen) atoms. The first-order chi connectivity index (χ1) is 8.34. The minimum Gasteiger partial charge on any atom is -0.324 e. The van der Waals surface area contributed by atoms with Crippen molar-refractivity contribution in [2.24, 2.45) is 5.73 Å². The Morgan fingerprint density at radius 3 is 2.28 bits per heavy atom. The Labute approximate surface area is 118 Å². The zero-order chi connectivity index (χ0) is 13.8. The van der Waals surface area contributed by atoms with Crippen LogP contribution >= 0.6 is 23.2 Å². The summed E-state index contributed by atoms with van der Waals surface area (Å²) in [4.78, 5) is 0. The Bertz CT molecular complexity index is 483. The second-order valence-corrected chi connectivity index (χ2v) is 7.53. The number of benzene rings is 1. The van der Waals surface area contributed by atoms with E-state index in [2.05, 4.69) is 0 Å². The Kier molecular flexibility index (Phi) is 5.92. The van der Waals surface area contributed by atoms with Gasteiger partial charge in [0.05, 0.1) is 5.75 Å². The summed E-state index contributed by atoms with van der Waals surface area (Å²) in [5.41, 5.74) is 6.83. The summed E-state index contributed by atoms with van der Waals surface area (Å²) in [6, 6.07) is 4.91. The molecule has 2 N–H and O–H groups in total. The molecule has 0 bridgehead atoms. The molecular formula is C12H17Cl2NO2S. The molecule has 0 fully saturated rings. The van der Waals surface area contributed by atoms with Crippen LogP contribution in [0.15, 0.2) is 18.2 Å². The molecule has 102 valence electrons. The van der Waals surface area contributed by atoms with Crippen LogP contribution in [-0.2, 0) is 9.84 Å². The summed E-state index contributed by atoms with van der Waals surface area (Å²) < 4.78 is 22.7. The van der Waals surface area contributed by atoms with Crippen molar-refractivity contribution in [3.8, 4) is 0 Å². The predicted molar refractivity (Wildman–Crippen MR) is 77.0 cm³/mol. The largest absolute Gasteiger partial charge is 0.324 e. The number of hydrogen-bond acceptors (Lipinski definition) is 3. The average molecular weight is 310 g/mol. The highest BCUT2D eigenvalue weighted by Crippen LogP contribution is 2.24. The molecular weight excluding hydrogens is 293 g/mol. The third kappa shape index (κ3) is 5.14. The van der Waals surface area contributed by atoms with Gasteiger partial charge in [0.15, 0.2) is 0 Å².